The molecule has 3 aromatic rings. The van der Waals surface area contributed by atoms with Crippen LogP contribution in [0, 0.1) is 0 Å². The number of aliphatic hydroxyl groups is 1. The third-order valence-electron chi connectivity index (χ3n) is 6.37. The molecule has 1 fully saturated rings. The van der Waals surface area contributed by atoms with Crippen LogP contribution in [-0.2, 0) is 14.8 Å². The number of phenolic OH excluding ortho intramolecular Hbond substituents is 1. The molecule has 1 aliphatic rings. The van der Waals surface area contributed by atoms with Gasteiger partial charge in [-0.15, -0.1) is 5.10 Å². The van der Waals surface area contributed by atoms with E-state index in [0.29, 0.717) is 24.4 Å². The van der Waals surface area contributed by atoms with Crippen LogP contribution in [0.5, 0.6) is 5.75 Å². The van der Waals surface area contributed by atoms with Gasteiger partial charge in [-0.25, -0.2) is 13.2 Å². The Labute approximate surface area is 226 Å². The van der Waals surface area contributed by atoms with Crippen molar-refractivity contribution >= 4 is 27.4 Å². The van der Waals surface area contributed by atoms with E-state index in [2.05, 4.69) is 30.5 Å². The number of aromatic nitrogens is 4. The predicted octanol–water partition coefficient (Wildman–Crippen LogP) is 1.46. The summed E-state index contributed by atoms with van der Waals surface area (Å²) in [5.74, 6) is -0.262. The third kappa shape index (κ3) is 7.65. The molecule has 210 valence electrons. The van der Waals surface area contributed by atoms with E-state index in [4.69, 9.17) is 4.84 Å². The van der Waals surface area contributed by atoms with Gasteiger partial charge in [0.05, 0.1) is 18.0 Å². The fourth-order valence-corrected chi connectivity index (χ4v) is 4.92. The highest BCUT2D eigenvalue weighted by Gasteiger charge is 2.21. The van der Waals surface area contributed by atoms with Crippen molar-refractivity contribution in [1.82, 2.24) is 25.7 Å². The van der Waals surface area contributed by atoms with Crippen molar-refractivity contribution in [3.05, 3.63) is 48.0 Å². The number of hydrogen-bond acceptors (Lipinski definition) is 11. The smallest absolute Gasteiger partial charge is 0.335 e. The first kappa shape index (κ1) is 28.3. The van der Waals surface area contributed by atoms with Crippen LogP contribution in [0.3, 0.4) is 0 Å². The number of rotatable bonds is 11. The minimum absolute atomic E-state index is 0.0300. The minimum Gasteiger partial charge on any atom is -0.506 e. The van der Waals surface area contributed by atoms with Gasteiger partial charge < -0.3 is 25.3 Å². The van der Waals surface area contributed by atoms with Crippen molar-refractivity contribution in [2.24, 2.45) is 0 Å². The van der Waals surface area contributed by atoms with Crippen LogP contribution < -0.4 is 19.8 Å². The van der Waals surface area contributed by atoms with E-state index in [9.17, 15) is 23.4 Å². The molecule has 2 aromatic carbocycles. The second-order valence-electron chi connectivity index (χ2n) is 9.47. The predicted molar refractivity (Wildman–Crippen MR) is 145 cm³/mol. The Morgan fingerprint density at radius 3 is 2.56 bits per heavy atom. The fourth-order valence-electron chi connectivity index (χ4n) is 4.36. The number of benzene rings is 2. The van der Waals surface area contributed by atoms with Gasteiger partial charge in [-0.2, -0.15) is 0 Å². The number of nitrogens with one attached hydrogen (secondary N) is 2. The van der Waals surface area contributed by atoms with E-state index in [-0.39, 0.29) is 23.9 Å². The zero-order chi connectivity index (χ0) is 28.0. The molecule has 0 bridgehead atoms. The molecule has 4 N–H and O–H groups in total. The zero-order valence-electron chi connectivity index (χ0n) is 21.8. The number of sulfonamides is 1. The van der Waals surface area contributed by atoms with Crippen molar-refractivity contribution in [3.63, 3.8) is 0 Å². The zero-order valence-corrected chi connectivity index (χ0v) is 22.6. The van der Waals surface area contributed by atoms with E-state index < -0.39 is 22.1 Å². The van der Waals surface area contributed by atoms with Crippen LogP contribution in [0.1, 0.15) is 44.3 Å². The lowest BCUT2D eigenvalue weighted by molar-refractivity contribution is -0.145. The second-order valence-corrected chi connectivity index (χ2v) is 11.2. The topological polar surface area (TPSA) is 172 Å². The molecular formula is C25H33N7O6S. The van der Waals surface area contributed by atoms with Gasteiger partial charge in [-0.05, 0) is 76.5 Å². The van der Waals surface area contributed by atoms with Gasteiger partial charge >= 0.3 is 5.97 Å². The average molecular weight is 560 g/mol. The van der Waals surface area contributed by atoms with Crippen molar-refractivity contribution in [1.29, 1.82) is 0 Å². The molecule has 0 unspecified atom stereocenters. The second kappa shape index (κ2) is 12.4. The molecule has 13 nitrogen and oxygen atoms in total. The molecule has 0 radical (unpaired) electrons. The molecule has 14 heteroatoms. The molecule has 0 saturated carbocycles. The summed E-state index contributed by atoms with van der Waals surface area (Å²) in [6.45, 7) is 3.82. The van der Waals surface area contributed by atoms with E-state index >= 15 is 0 Å². The van der Waals surface area contributed by atoms with Crippen molar-refractivity contribution < 1.29 is 28.3 Å². The molecule has 0 spiro atoms. The number of tetrazole rings is 1. The maximum Gasteiger partial charge on any atom is 0.335 e. The minimum atomic E-state index is -3.56. The molecule has 2 heterocycles. The Bertz CT molecular complexity index is 1370. The van der Waals surface area contributed by atoms with Gasteiger partial charge in [0.25, 0.3) is 0 Å². The van der Waals surface area contributed by atoms with Gasteiger partial charge in [-0.1, -0.05) is 13.0 Å². The summed E-state index contributed by atoms with van der Waals surface area (Å²) >= 11 is 0. The lowest BCUT2D eigenvalue weighted by Crippen LogP contribution is -2.43. The number of carbonyl (C=O) groups excluding carboxylic acids is 1. The number of piperidine rings is 1. The standard InChI is InChI=1S/C25H33N7O6S/c1-3-4-24(35)38-32-25(27-29-30-32)17-5-8-20(9-6-17)31-13-11-19(12-14-31)26-16-23(34)18-7-10-22(33)21(15-18)28-39(2,36)37/h5-10,15,19,23,26,28,33-34H,3-4,11-14,16H2,1-2H3/t23-/m0/s1. The number of carbonyl (C=O) groups is 1. The first-order valence-corrected chi connectivity index (χ1v) is 14.6. The summed E-state index contributed by atoms with van der Waals surface area (Å²) in [5, 5.41) is 35.2. The molecule has 1 aromatic heterocycles. The lowest BCUT2D eigenvalue weighted by Gasteiger charge is -2.34. The molecule has 1 aliphatic heterocycles. The van der Waals surface area contributed by atoms with E-state index in [1.165, 1.54) is 12.1 Å². The maximum atomic E-state index is 11.8. The monoisotopic (exact) mass is 559 g/mol. The highest BCUT2D eigenvalue weighted by molar-refractivity contribution is 7.92. The molecule has 0 amide bonds. The number of hydrogen-bond donors (Lipinski definition) is 4. The molecule has 4 rings (SSSR count). The molecule has 1 saturated heterocycles. The molecule has 1 atom stereocenters. The van der Waals surface area contributed by atoms with Crippen molar-refractivity contribution in [2.45, 2.75) is 44.8 Å². The maximum absolute atomic E-state index is 11.8. The summed E-state index contributed by atoms with van der Waals surface area (Å²) in [5.41, 5.74) is 2.30. The van der Waals surface area contributed by atoms with Gasteiger partial charge in [0.2, 0.25) is 15.8 Å². The van der Waals surface area contributed by atoms with Gasteiger partial charge in [0.1, 0.15) is 5.75 Å². The van der Waals surface area contributed by atoms with Gasteiger partial charge in [-0.3, -0.25) is 4.72 Å². The molecule has 0 aliphatic carbocycles. The van der Waals surface area contributed by atoms with E-state index in [1.54, 1.807) is 6.07 Å². The van der Waals surface area contributed by atoms with Crippen LogP contribution in [-0.4, -0.2) is 76.9 Å². The molecular weight excluding hydrogens is 526 g/mol. The Morgan fingerprint density at radius 1 is 1.18 bits per heavy atom. The number of aromatic hydroxyl groups is 1. The number of nitrogens with zero attached hydrogens (tertiary/aromatic N) is 5. The fraction of sp³-hybridized carbons (Fsp3) is 0.440. The van der Waals surface area contributed by atoms with Crippen molar-refractivity contribution in [3.8, 4) is 17.1 Å². The largest absolute Gasteiger partial charge is 0.506 e. The first-order chi connectivity index (χ1) is 18.6. The highest BCUT2D eigenvalue weighted by Crippen LogP contribution is 2.28. The normalized spacial score (nSPS) is 15.2. The number of aliphatic hydroxyl groups excluding tert-OH is 1. The van der Waals surface area contributed by atoms with Crippen LogP contribution in [0.2, 0.25) is 0 Å². The first-order valence-electron chi connectivity index (χ1n) is 12.7. The summed E-state index contributed by atoms with van der Waals surface area (Å²) in [7, 11) is -3.56. The quantitative estimate of drug-likeness (QED) is 0.198. The Hall–Kier alpha value is -3.75. The average Bonchev–Trinajstić information content (AvgIpc) is 3.36. The van der Waals surface area contributed by atoms with Crippen LogP contribution in [0.4, 0.5) is 11.4 Å². The Morgan fingerprint density at radius 2 is 1.90 bits per heavy atom. The SMILES string of the molecule is CCCC(=O)On1nnnc1-c1ccc(N2CCC(NC[C@H](O)c3ccc(O)c(NS(C)(=O)=O)c3)CC2)cc1. The van der Waals surface area contributed by atoms with Crippen molar-refractivity contribution in [2.75, 3.05) is 35.5 Å². The Kier molecular flexibility index (Phi) is 8.99. The van der Waals surface area contributed by atoms with Gasteiger partial charge in [0.15, 0.2) is 0 Å². The molecule has 39 heavy (non-hydrogen) atoms. The van der Waals surface area contributed by atoms with Crippen LogP contribution in [0.15, 0.2) is 42.5 Å². The third-order valence-corrected chi connectivity index (χ3v) is 6.96. The highest BCUT2D eigenvalue weighted by atomic mass is 32.2. The van der Waals surface area contributed by atoms with Gasteiger partial charge in [0, 0.05) is 43.3 Å². The van der Waals surface area contributed by atoms with Crippen LogP contribution in [0.25, 0.3) is 11.4 Å². The number of anilines is 2. The lowest BCUT2D eigenvalue weighted by atomic mass is 10.0. The summed E-state index contributed by atoms with van der Waals surface area (Å²) < 4.78 is 25.3. The summed E-state index contributed by atoms with van der Waals surface area (Å²) in [6, 6.07) is 12.3. The Balaban J connectivity index is 1.28. The summed E-state index contributed by atoms with van der Waals surface area (Å²) in [4.78, 5) is 20.3. The summed E-state index contributed by atoms with van der Waals surface area (Å²) in [6.07, 6.45) is 2.82. The van der Waals surface area contributed by atoms with E-state index in [1.807, 2.05) is 31.2 Å². The van der Waals surface area contributed by atoms with E-state index in [0.717, 1.165) is 48.3 Å². The van der Waals surface area contributed by atoms with Crippen LogP contribution >= 0.6 is 0 Å². The number of phenols is 1.